The summed E-state index contributed by atoms with van der Waals surface area (Å²) in [5.74, 6) is 1.78. The second-order valence-electron chi connectivity index (χ2n) is 9.62. The van der Waals surface area contributed by atoms with Crippen LogP contribution in [-0.2, 0) is 12.0 Å². The lowest BCUT2D eigenvalue weighted by Gasteiger charge is -2.18. The van der Waals surface area contributed by atoms with Gasteiger partial charge in [-0.25, -0.2) is 9.97 Å². The zero-order valence-electron chi connectivity index (χ0n) is 21.3. The lowest BCUT2D eigenvalue weighted by molar-refractivity contribution is 0.304. The van der Waals surface area contributed by atoms with Gasteiger partial charge in [0.05, 0.1) is 24.2 Å². The molecule has 0 aliphatic rings. The molecule has 0 N–H and O–H groups in total. The van der Waals surface area contributed by atoms with E-state index in [1.165, 1.54) is 0 Å². The number of hydrogen-bond donors (Lipinski definition) is 0. The maximum Gasteiger partial charge on any atom is 0.277 e. The summed E-state index contributed by atoms with van der Waals surface area (Å²) in [5, 5.41) is 0.0123. The van der Waals surface area contributed by atoms with Crippen LogP contribution in [0, 0.1) is 13.8 Å². The maximum atomic E-state index is 13.4. The van der Waals surface area contributed by atoms with Gasteiger partial charge < -0.3 is 9.47 Å². The number of ether oxygens (including phenoxy) is 2. The summed E-state index contributed by atoms with van der Waals surface area (Å²) in [6.45, 7) is 10.2. The minimum Gasteiger partial charge on any atom is -0.497 e. The molecule has 3 aromatic heterocycles. The van der Waals surface area contributed by atoms with E-state index in [-0.39, 0.29) is 22.6 Å². The average molecular weight is 505 g/mol. The third-order valence-electron chi connectivity index (χ3n) is 5.73. The van der Waals surface area contributed by atoms with Crippen LogP contribution in [0.5, 0.6) is 11.5 Å². The number of nitrogens with zero attached hydrogens (tertiary/aromatic N) is 4. The Bertz CT molecular complexity index is 1470. The molecule has 0 saturated heterocycles. The van der Waals surface area contributed by atoms with Crippen molar-refractivity contribution in [1.29, 1.82) is 0 Å². The van der Waals surface area contributed by atoms with E-state index in [1.807, 2.05) is 50.2 Å². The van der Waals surface area contributed by atoms with Gasteiger partial charge in [0.15, 0.2) is 0 Å². The molecular formula is C28H29ClN4O3. The largest absolute Gasteiger partial charge is 0.497 e. The average Bonchev–Trinajstić information content (AvgIpc) is 2.86. The summed E-state index contributed by atoms with van der Waals surface area (Å²) in [5.41, 5.74) is 3.86. The minimum atomic E-state index is -0.365. The zero-order valence-corrected chi connectivity index (χ0v) is 22.1. The number of pyridine rings is 2. The Morgan fingerprint density at radius 1 is 1.03 bits per heavy atom. The molecule has 186 valence electrons. The van der Waals surface area contributed by atoms with E-state index in [9.17, 15) is 4.79 Å². The quantitative estimate of drug-likeness (QED) is 0.328. The Balaban J connectivity index is 1.71. The fourth-order valence-electron chi connectivity index (χ4n) is 3.77. The first-order valence-corrected chi connectivity index (χ1v) is 11.9. The standard InChI is InChI=1S/C28H29ClN4O3/c1-17-15-31-22(21-10-11-30-27(32-21)28(3,4)5)14-23(17)33-18(2)12-24(25(29)26(33)34)36-16-19-8-7-9-20(13-19)35-6/h7-15H,16H2,1-6H3. The van der Waals surface area contributed by atoms with Gasteiger partial charge >= 0.3 is 0 Å². The lowest BCUT2D eigenvalue weighted by atomic mass is 9.95. The van der Waals surface area contributed by atoms with Crippen molar-refractivity contribution >= 4 is 11.6 Å². The van der Waals surface area contributed by atoms with E-state index >= 15 is 0 Å². The Morgan fingerprint density at radius 3 is 2.53 bits per heavy atom. The second-order valence-corrected chi connectivity index (χ2v) is 9.99. The van der Waals surface area contributed by atoms with Gasteiger partial charge in [0, 0.05) is 29.6 Å². The predicted octanol–water partition coefficient (Wildman–Crippen LogP) is 5.84. The van der Waals surface area contributed by atoms with E-state index in [0.717, 1.165) is 22.7 Å². The number of methoxy groups -OCH3 is 1. The molecule has 0 amide bonds. The Hall–Kier alpha value is -3.71. The van der Waals surface area contributed by atoms with Crippen LogP contribution in [0.15, 0.2) is 59.7 Å². The van der Waals surface area contributed by atoms with Crippen LogP contribution in [-0.4, -0.2) is 26.6 Å². The van der Waals surface area contributed by atoms with Crippen molar-refractivity contribution in [3.05, 3.63) is 92.9 Å². The van der Waals surface area contributed by atoms with Gasteiger partial charge in [0.2, 0.25) is 0 Å². The Labute approximate surface area is 215 Å². The highest BCUT2D eigenvalue weighted by Gasteiger charge is 2.20. The summed E-state index contributed by atoms with van der Waals surface area (Å²) in [4.78, 5) is 27.1. The lowest BCUT2D eigenvalue weighted by Crippen LogP contribution is -2.23. The molecule has 0 radical (unpaired) electrons. The van der Waals surface area contributed by atoms with Crippen LogP contribution >= 0.6 is 11.6 Å². The number of benzene rings is 1. The molecule has 0 atom stereocenters. The summed E-state index contributed by atoms with van der Waals surface area (Å²) in [7, 11) is 1.61. The van der Waals surface area contributed by atoms with Crippen molar-refractivity contribution in [3.8, 4) is 28.6 Å². The molecular weight excluding hydrogens is 476 g/mol. The molecule has 0 aliphatic heterocycles. The number of aromatic nitrogens is 4. The van der Waals surface area contributed by atoms with Crippen molar-refractivity contribution in [2.75, 3.05) is 7.11 Å². The highest BCUT2D eigenvalue weighted by molar-refractivity contribution is 6.31. The molecule has 7 nitrogen and oxygen atoms in total. The molecule has 0 fully saturated rings. The second kappa shape index (κ2) is 10.1. The Morgan fingerprint density at radius 2 is 1.81 bits per heavy atom. The van der Waals surface area contributed by atoms with E-state index in [2.05, 4.69) is 30.7 Å². The van der Waals surface area contributed by atoms with Gasteiger partial charge in [-0.1, -0.05) is 44.5 Å². The molecule has 4 rings (SSSR count). The van der Waals surface area contributed by atoms with Gasteiger partial charge in [-0.2, -0.15) is 0 Å². The van der Waals surface area contributed by atoms with Crippen LogP contribution < -0.4 is 15.0 Å². The Kier molecular flexibility index (Phi) is 7.13. The minimum absolute atomic E-state index is 0.0123. The molecule has 1 aromatic carbocycles. The summed E-state index contributed by atoms with van der Waals surface area (Å²) < 4.78 is 12.8. The number of hydrogen-bond acceptors (Lipinski definition) is 6. The fraction of sp³-hybridized carbons (Fsp3) is 0.286. The molecule has 8 heteroatoms. The number of aryl methyl sites for hydroxylation is 2. The first-order valence-electron chi connectivity index (χ1n) is 11.6. The molecule has 0 bridgehead atoms. The fourth-order valence-corrected chi connectivity index (χ4v) is 3.96. The van der Waals surface area contributed by atoms with Crippen molar-refractivity contribution in [2.45, 2.75) is 46.6 Å². The van der Waals surface area contributed by atoms with Gasteiger partial charge in [-0.3, -0.25) is 14.3 Å². The van der Waals surface area contributed by atoms with E-state index in [4.69, 9.17) is 26.1 Å². The third-order valence-corrected chi connectivity index (χ3v) is 6.08. The van der Waals surface area contributed by atoms with Gasteiger partial charge in [-0.05, 0) is 49.2 Å². The van der Waals surface area contributed by atoms with E-state index in [1.54, 1.807) is 30.1 Å². The van der Waals surface area contributed by atoms with E-state index < -0.39 is 0 Å². The first-order chi connectivity index (χ1) is 17.1. The van der Waals surface area contributed by atoms with Crippen LogP contribution in [0.1, 0.15) is 43.4 Å². The smallest absolute Gasteiger partial charge is 0.277 e. The molecule has 0 unspecified atom stereocenters. The van der Waals surface area contributed by atoms with Gasteiger partial charge in [0.1, 0.15) is 29.0 Å². The van der Waals surface area contributed by atoms with Crippen LogP contribution in [0.25, 0.3) is 17.1 Å². The molecule has 0 saturated carbocycles. The van der Waals surface area contributed by atoms with Gasteiger partial charge in [0.25, 0.3) is 5.56 Å². The van der Waals surface area contributed by atoms with Crippen molar-refractivity contribution < 1.29 is 9.47 Å². The van der Waals surface area contributed by atoms with Crippen molar-refractivity contribution in [1.82, 2.24) is 19.5 Å². The predicted molar refractivity (Wildman–Crippen MR) is 141 cm³/mol. The molecule has 0 aliphatic carbocycles. The normalized spacial score (nSPS) is 11.4. The SMILES string of the molecule is COc1cccc(COc2cc(C)n(-c3cc(-c4ccnc(C(C)(C)C)n4)ncc3C)c(=O)c2Cl)c1. The third kappa shape index (κ3) is 5.26. The number of rotatable bonds is 6. The first kappa shape index (κ1) is 25.4. The molecule has 3 heterocycles. The summed E-state index contributed by atoms with van der Waals surface area (Å²) in [6.07, 6.45) is 3.46. The number of halogens is 1. The summed E-state index contributed by atoms with van der Waals surface area (Å²) >= 11 is 6.51. The monoisotopic (exact) mass is 504 g/mol. The summed E-state index contributed by atoms with van der Waals surface area (Å²) in [6, 6.07) is 13.0. The van der Waals surface area contributed by atoms with Crippen molar-refractivity contribution in [2.24, 2.45) is 0 Å². The topological polar surface area (TPSA) is 79.1 Å². The zero-order chi connectivity index (χ0) is 26.0. The highest BCUT2D eigenvalue weighted by atomic mass is 35.5. The molecule has 36 heavy (non-hydrogen) atoms. The van der Waals surface area contributed by atoms with Crippen molar-refractivity contribution in [3.63, 3.8) is 0 Å². The van der Waals surface area contributed by atoms with Gasteiger partial charge in [-0.15, -0.1) is 0 Å². The molecule has 0 spiro atoms. The van der Waals surface area contributed by atoms with Crippen LogP contribution in [0.4, 0.5) is 0 Å². The van der Waals surface area contributed by atoms with Crippen LogP contribution in [0.2, 0.25) is 5.02 Å². The van der Waals surface area contributed by atoms with E-state index in [0.29, 0.717) is 28.5 Å². The van der Waals surface area contributed by atoms with Crippen LogP contribution in [0.3, 0.4) is 0 Å². The highest BCUT2D eigenvalue weighted by Crippen LogP contribution is 2.28. The molecule has 4 aromatic rings. The maximum absolute atomic E-state index is 13.4.